The Bertz CT molecular complexity index is 1300. The fourth-order valence-corrected chi connectivity index (χ4v) is 3.42. The van der Waals surface area contributed by atoms with Gasteiger partial charge in [-0.05, 0) is 32.9 Å². The molecule has 2 heterocycles. The van der Waals surface area contributed by atoms with Crippen molar-refractivity contribution in [2.45, 2.75) is 44.9 Å². The average Bonchev–Trinajstić information content (AvgIpc) is 2.65. The van der Waals surface area contributed by atoms with E-state index in [2.05, 4.69) is 15.3 Å². The summed E-state index contributed by atoms with van der Waals surface area (Å²) in [7, 11) is 0. The van der Waals surface area contributed by atoms with Crippen molar-refractivity contribution in [3.8, 4) is 5.75 Å². The van der Waals surface area contributed by atoms with Crippen molar-refractivity contribution in [1.82, 2.24) is 19.9 Å². The molecule has 32 heavy (non-hydrogen) atoms. The molecule has 0 aliphatic heterocycles. The lowest BCUT2D eigenvalue weighted by Gasteiger charge is -2.25. The van der Waals surface area contributed by atoms with Gasteiger partial charge in [-0.3, -0.25) is 14.6 Å². The van der Waals surface area contributed by atoms with E-state index in [1.807, 2.05) is 0 Å². The summed E-state index contributed by atoms with van der Waals surface area (Å²) in [5.41, 5.74) is -4.21. The number of fused-ring (bicyclic) bond motifs is 1. The maximum atomic E-state index is 14.5. The fraction of sp³-hybridized carbons (Fsp3) is 0.333. The first-order valence-corrected chi connectivity index (χ1v) is 9.66. The van der Waals surface area contributed by atoms with Crippen LogP contribution in [0.25, 0.3) is 10.9 Å². The highest BCUT2D eigenvalue weighted by atomic mass is 19.1. The molecular weight excluding hydrogens is 429 g/mol. The molecule has 0 unspecified atom stereocenters. The second-order valence-corrected chi connectivity index (χ2v) is 7.99. The lowest BCUT2D eigenvalue weighted by atomic mass is 9.99. The van der Waals surface area contributed by atoms with Crippen LogP contribution < -0.4 is 16.6 Å². The van der Waals surface area contributed by atoms with Crippen LogP contribution in [-0.4, -0.2) is 31.2 Å². The van der Waals surface area contributed by atoms with Gasteiger partial charge in [-0.15, -0.1) is 0 Å². The van der Waals surface area contributed by atoms with E-state index >= 15 is 0 Å². The number of phenols is 1. The summed E-state index contributed by atoms with van der Waals surface area (Å²) in [4.78, 5) is 44.7. The minimum Gasteiger partial charge on any atom is -0.507 e. The molecule has 0 fully saturated rings. The second kappa shape index (κ2) is 8.48. The van der Waals surface area contributed by atoms with Crippen molar-refractivity contribution in [1.29, 1.82) is 0 Å². The summed E-state index contributed by atoms with van der Waals surface area (Å²) in [5, 5.41) is 12.2. The van der Waals surface area contributed by atoms with E-state index in [0.717, 1.165) is 20.0 Å². The van der Waals surface area contributed by atoms with Crippen molar-refractivity contribution in [3.05, 3.63) is 68.6 Å². The van der Waals surface area contributed by atoms with Crippen LogP contribution in [0.4, 0.5) is 13.2 Å². The third-order valence-electron chi connectivity index (χ3n) is 4.83. The van der Waals surface area contributed by atoms with Crippen LogP contribution in [0.15, 0.2) is 40.1 Å². The van der Waals surface area contributed by atoms with Gasteiger partial charge >= 0.3 is 5.69 Å². The number of benzene rings is 1. The molecule has 1 aromatic carbocycles. The van der Waals surface area contributed by atoms with Gasteiger partial charge in [0.2, 0.25) is 5.91 Å². The average molecular weight is 450 g/mol. The predicted molar refractivity (Wildman–Crippen MR) is 110 cm³/mol. The number of alkyl halides is 1. The zero-order chi connectivity index (χ0) is 23.8. The van der Waals surface area contributed by atoms with Crippen molar-refractivity contribution in [2.24, 2.45) is 0 Å². The highest BCUT2D eigenvalue weighted by molar-refractivity contribution is 5.85. The van der Waals surface area contributed by atoms with E-state index in [0.29, 0.717) is 10.6 Å². The molecule has 0 radical (unpaired) electrons. The Labute approximate surface area is 179 Å². The number of aromatic nitrogens is 3. The molecule has 1 amide bonds. The smallest absolute Gasteiger partial charge is 0.329 e. The molecule has 3 N–H and O–H groups in total. The number of phenolic OH excluding ortho intramolecular Hbond substituents is 1. The summed E-state index contributed by atoms with van der Waals surface area (Å²) in [6.07, 6.45) is 0.192. The molecule has 0 saturated carbocycles. The number of carbonyl (C=O) groups excluding carboxylic acids is 1. The van der Waals surface area contributed by atoms with Crippen LogP contribution in [0.3, 0.4) is 0 Å². The molecule has 0 bridgehead atoms. The third-order valence-corrected chi connectivity index (χ3v) is 4.83. The molecule has 8 nitrogen and oxygen atoms in total. The number of hydrogen-bond acceptors (Lipinski definition) is 5. The number of carbonyl (C=O) groups is 1. The van der Waals surface area contributed by atoms with Crippen molar-refractivity contribution in [3.63, 3.8) is 0 Å². The highest BCUT2D eigenvalue weighted by Crippen LogP contribution is 2.25. The third kappa shape index (κ3) is 4.66. The number of hydrogen-bond donors (Lipinski definition) is 3. The van der Waals surface area contributed by atoms with Gasteiger partial charge in [0.1, 0.15) is 34.5 Å². The SMILES string of the molecule is C[C@H](NC(=O)[C@H](CC(C)(C)F)n1c(=O)[nH]c2cccc(O)c2c1=O)c1ncc(F)cc1F. The predicted octanol–water partition coefficient (Wildman–Crippen LogP) is 2.63. The first-order valence-electron chi connectivity index (χ1n) is 9.66. The number of H-pyrrole nitrogens is 1. The Morgan fingerprint density at radius 3 is 2.62 bits per heavy atom. The molecule has 2 atom stereocenters. The minimum absolute atomic E-state index is 0.0425. The van der Waals surface area contributed by atoms with Gasteiger partial charge in [-0.1, -0.05) is 6.07 Å². The molecule has 3 aromatic rings. The summed E-state index contributed by atoms with van der Waals surface area (Å²) in [5.74, 6) is -3.31. The molecule has 2 aromatic heterocycles. The van der Waals surface area contributed by atoms with Crippen LogP contribution in [0.1, 0.15) is 45.0 Å². The zero-order valence-corrected chi connectivity index (χ0v) is 17.4. The topological polar surface area (TPSA) is 117 Å². The molecule has 0 aliphatic rings. The van der Waals surface area contributed by atoms with Gasteiger partial charge in [0.15, 0.2) is 0 Å². The zero-order valence-electron chi connectivity index (χ0n) is 17.4. The number of aromatic amines is 1. The van der Waals surface area contributed by atoms with E-state index < -0.39 is 58.7 Å². The number of aromatic hydroxyl groups is 1. The number of amides is 1. The van der Waals surface area contributed by atoms with Crippen LogP contribution in [0, 0.1) is 11.6 Å². The monoisotopic (exact) mass is 450 g/mol. The molecule has 0 saturated heterocycles. The quantitative estimate of drug-likeness (QED) is 0.534. The number of rotatable bonds is 6. The van der Waals surface area contributed by atoms with Crippen LogP contribution >= 0.6 is 0 Å². The lowest BCUT2D eigenvalue weighted by Crippen LogP contribution is -2.46. The number of nitrogens with one attached hydrogen (secondary N) is 2. The standard InChI is InChI=1S/C21H21F3N4O4/c1-10(17-12(23)7-11(22)9-25-17)26-18(30)14(8-21(2,3)24)28-19(31)16-13(27-20(28)32)5-4-6-15(16)29/h4-7,9-10,14,29H,8H2,1-3H3,(H,26,30)(H,27,32)/t10-,14-/m0/s1. The maximum absolute atomic E-state index is 14.5. The first kappa shape index (κ1) is 23.0. The van der Waals surface area contributed by atoms with Gasteiger partial charge in [-0.2, -0.15) is 0 Å². The van der Waals surface area contributed by atoms with Crippen molar-refractivity contribution in [2.75, 3.05) is 0 Å². The molecular formula is C21H21F3N4O4. The molecule has 0 aliphatic carbocycles. The van der Waals surface area contributed by atoms with E-state index in [4.69, 9.17) is 0 Å². The number of halogens is 3. The Hall–Kier alpha value is -3.63. The Morgan fingerprint density at radius 1 is 1.31 bits per heavy atom. The van der Waals surface area contributed by atoms with Crippen LogP contribution in [0.2, 0.25) is 0 Å². The fourth-order valence-electron chi connectivity index (χ4n) is 3.42. The van der Waals surface area contributed by atoms with Gasteiger partial charge in [0.25, 0.3) is 5.56 Å². The van der Waals surface area contributed by atoms with Gasteiger partial charge < -0.3 is 15.4 Å². The highest BCUT2D eigenvalue weighted by Gasteiger charge is 2.33. The van der Waals surface area contributed by atoms with Crippen LogP contribution in [0.5, 0.6) is 5.75 Å². The second-order valence-electron chi connectivity index (χ2n) is 7.99. The Morgan fingerprint density at radius 2 is 2.00 bits per heavy atom. The largest absolute Gasteiger partial charge is 0.507 e. The summed E-state index contributed by atoms with van der Waals surface area (Å²) < 4.78 is 42.2. The summed E-state index contributed by atoms with van der Waals surface area (Å²) in [6.45, 7) is 3.68. The molecule has 170 valence electrons. The number of nitrogens with zero attached hydrogens (tertiary/aromatic N) is 2. The Kier molecular flexibility index (Phi) is 6.11. The van der Waals surface area contributed by atoms with Crippen LogP contribution in [-0.2, 0) is 4.79 Å². The van der Waals surface area contributed by atoms with E-state index in [-0.39, 0.29) is 16.6 Å². The lowest BCUT2D eigenvalue weighted by molar-refractivity contribution is -0.126. The molecule has 3 rings (SSSR count). The normalized spacial score (nSPS) is 13.7. The van der Waals surface area contributed by atoms with Gasteiger partial charge in [0.05, 0.1) is 23.4 Å². The number of pyridine rings is 1. The minimum atomic E-state index is -1.98. The Balaban J connectivity index is 2.08. The molecule has 0 spiro atoms. The summed E-state index contributed by atoms with van der Waals surface area (Å²) in [6, 6.07) is 1.90. The van der Waals surface area contributed by atoms with Crippen molar-refractivity contribution < 1.29 is 23.1 Å². The molecule has 11 heteroatoms. The van der Waals surface area contributed by atoms with E-state index in [1.54, 1.807) is 0 Å². The first-order chi connectivity index (χ1) is 14.9. The maximum Gasteiger partial charge on any atom is 0.329 e. The summed E-state index contributed by atoms with van der Waals surface area (Å²) >= 11 is 0. The van der Waals surface area contributed by atoms with Gasteiger partial charge in [0, 0.05) is 12.5 Å². The van der Waals surface area contributed by atoms with E-state index in [1.165, 1.54) is 25.1 Å². The van der Waals surface area contributed by atoms with E-state index in [9.17, 15) is 32.7 Å². The van der Waals surface area contributed by atoms with Gasteiger partial charge in [-0.25, -0.2) is 22.5 Å². The van der Waals surface area contributed by atoms with Crippen molar-refractivity contribution >= 4 is 16.8 Å².